The van der Waals surface area contributed by atoms with Crippen LogP contribution in [0.1, 0.15) is 17.5 Å². The number of aliphatic hydroxyl groups is 1. The molecule has 0 saturated heterocycles. The fourth-order valence-electron chi connectivity index (χ4n) is 1.70. The molecular weight excluding hydrogens is 216 g/mol. The standard InChI is InChI=1S/C10H11BrO/c11-9-3-1-8-6-10(12)4-2-7(8)5-9/h1,3,5,10,12H,2,4,6H2/t10-/m1/s1. The van der Waals surface area contributed by atoms with Crippen LogP contribution in [0.3, 0.4) is 0 Å². The molecule has 0 heterocycles. The molecule has 12 heavy (non-hydrogen) atoms. The Morgan fingerprint density at radius 2 is 2.17 bits per heavy atom. The van der Waals surface area contributed by atoms with Gasteiger partial charge in [-0.15, -0.1) is 0 Å². The lowest BCUT2D eigenvalue weighted by Gasteiger charge is -2.20. The SMILES string of the molecule is O[C@@H]1CCc2cc(Br)ccc2C1. The minimum Gasteiger partial charge on any atom is -0.393 e. The molecular formula is C10H11BrO. The largest absolute Gasteiger partial charge is 0.393 e. The maximum atomic E-state index is 9.41. The number of fused-ring (bicyclic) bond motifs is 1. The Labute approximate surface area is 80.5 Å². The van der Waals surface area contributed by atoms with Crippen molar-refractivity contribution in [2.45, 2.75) is 25.4 Å². The van der Waals surface area contributed by atoms with Crippen molar-refractivity contribution in [1.82, 2.24) is 0 Å². The van der Waals surface area contributed by atoms with Crippen molar-refractivity contribution in [2.75, 3.05) is 0 Å². The van der Waals surface area contributed by atoms with Crippen LogP contribution in [0, 0.1) is 0 Å². The zero-order chi connectivity index (χ0) is 8.55. The van der Waals surface area contributed by atoms with Gasteiger partial charge in [0.25, 0.3) is 0 Å². The van der Waals surface area contributed by atoms with Crippen LogP contribution in [0.25, 0.3) is 0 Å². The van der Waals surface area contributed by atoms with Gasteiger partial charge < -0.3 is 5.11 Å². The average molecular weight is 227 g/mol. The van der Waals surface area contributed by atoms with Gasteiger partial charge in [-0.2, -0.15) is 0 Å². The summed E-state index contributed by atoms with van der Waals surface area (Å²) < 4.78 is 1.14. The van der Waals surface area contributed by atoms with Crippen LogP contribution in [0.2, 0.25) is 0 Å². The van der Waals surface area contributed by atoms with Crippen molar-refractivity contribution in [3.05, 3.63) is 33.8 Å². The van der Waals surface area contributed by atoms with Gasteiger partial charge in [0.15, 0.2) is 0 Å². The number of rotatable bonds is 0. The van der Waals surface area contributed by atoms with E-state index in [1.165, 1.54) is 11.1 Å². The fourth-order valence-corrected chi connectivity index (χ4v) is 2.11. The van der Waals surface area contributed by atoms with Crippen molar-refractivity contribution in [1.29, 1.82) is 0 Å². The third-order valence-electron chi connectivity index (χ3n) is 2.37. The molecule has 0 aromatic heterocycles. The topological polar surface area (TPSA) is 20.2 Å². The first kappa shape index (κ1) is 8.27. The molecule has 1 atom stereocenters. The average Bonchev–Trinajstić information content (AvgIpc) is 2.05. The Balaban J connectivity index is 2.37. The quantitative estimate of drug-likeness (QED) is 0.720. The van der Waals surface area contributed by atoms with Gasteiger partial charge in [-0.05, 0) is 42.5 Å². The summed E-state index contributed by atoms with van der Waals surface area (Å²) in [5.41, 5.74) is 2.69. The molecule has 0 spiro atoms. The molecule has 0 radical (unpaired) electrons. The number of hydrogen-bond acceptors (Lipinski definition) is 1. The molecule has 1 N–H and O–H groups in total. The van der Waals surface area contributed by atoms with Gasteiger partial charge in [-0.1, -0.05) is 22.0 Å². The smallest absolute Gasteiger partial charge is 0.0583 e. The van der Waals surface area contributed by atoms with Gasteiger partial charge in [0.2, 0.25) is 0 Å². The summed E-state index contributed by atoms with van der Waals surface area (Å²) >= 11 is 3.44. The lowest BCUT2D eigenvalue weighted by atomic mass is 9.90. The molecule has 1 aromatic rings. The number of aryl methyl sites for hydroxylation is 1. The number of hydrogen-bond donors (Lipinski definition) is 1. The van der Waals surface area contributed by atoms with Gasteiger partial charge in [-0.25, -0.2) is 0 Å². The maximum Gasteiger partial charge on any atom is 0.0583 e. The second-order valence-corrected chi connectivity index (χ2v) is 4.23. The minimum atomic E-state index is -0.126. The summed E-state index contributed by atoms with van der Waals surface area (Å²) in [5.74, 6) is 0. The van der Waals surface area contributed by atoms with E-state index >= 15 is 0 Å². The van der Waals surface area contributed by atoms with Crippen LogP contribution in [0.4, 0.5) is 0 Å². The Bertz CT molecular complexity index is 296. The highest BCUT2D eigenvalue weighted by Gasteiger charge is 2.15. The maximum absolute atomic E-state index is 9.41. The minimum absolute atomic E-state index is 0.126. The molecule has 0 bridgehead atoms. The summed E-state index contributed by atoms with van der Waals surface area (Å²) in [6.07, 6.45) is 2.61. The van der Waals surface area contributed by atoms with E-state index in [1.54, 1.807) is 0 Å². The molecule has 2 rings (SSSR count). The van der Waals surface area contributed by atoms with Gasteiger partial charge in [-0.3, -0.25) is 0 Å². The molecule has 0 saturated carbocycles. The summed E-state index contributed by atoms with van der Waals surface area (Å²) in [5, 5.41) is 9.41. The van der Waals surface area contributed by atoms with E-state index in [9.17, 15) is 5.11 Å². The molecule has 0 aliphatic heterocycles. The van der Waals surface area contributed by atoms with Crippen molar-refractivity contribution in [3.63, 3.8) is 0 Å². The highest BCUT2D eigenvalue weighted by Crippen LogP contribution is 2.24. The van der Waals surface area contributed by atoms with E-state index in [4.69, 9.17) is 0 Å². The van der Waals surface area contributed by atoms with Crippen molar-refractivity contribution >= 4 is 15.9 Å². The monoisotopic (exact) mass is 226 g/mol. The molecule has 64 valence electrons. The Hall–Kier alpha value is -0.340. The molecule has 0 fully saturated rings. The van der Waals surface area contributed by atoms with Gasteiger partial charge in [0, 0.05) is 4.47 Å². The second-order valence-electron chi connectivity index (χ2n) is 3.31. The van der Waals surface area contributed by atoms with Crippen LogP contribution in [0.15, 0.2) is 22.7 Å². The Morgan fingerprint density at radius 1 is 1.33 bits per heavy atom. The lowest BCUT2D eigenvalue weighted by Crippen LogP contribution is -2.18. The predicted molar refractivity (Wildman–Crippen MR) is 52.2 cm³/mol. The highest BCUT2D eigenvalue weighted by atomic mass is 79.9. The van der Waals surface area contributed by atoms with Crippen LogP contribution in [-0.2, 0) is 12.8 Å². The normalized spacial score (nSPS) is 22.0. The van der Waals surface area contributed by atoms with Crippen LogP contribution >= 0.6 is 15.9 Å². The first-order valence-electron chi connectivity index (χ1n) is 4.21. The van der Waals surface area contributed by atoms with Crippen molar-refractivity contribution in [3.8, 4) is 0 Å². The summed E-state index contributed by atoms with van der Waals surface area (Å²) in [6, 6.07) is 6.29. The van der Waals surface area contributed by atoms with E-state index in [0.717, 1.165) is 23.7 Å². The number of benzene rings is 1. The van der Waals surface area contributed by atoms with Crippen LogP contribution in [-0.4, -0.2) is 11.2 Å². The molecule has 1 nitrogen and oxygen atoms in total. The van der Waals surface area contributed by atoms with E-state index in [1.807, 2.05) is 6.07 Å². The number of halogens is 1. The van der Waals surface area contributed by atoms with Crippen LogP contribution < -0.4 is 0 Å². The lowest BCUT2D eigenvalue weighted by molar-refractivity contribution is 0.158. The van der Waals surface area contributed by atoms with E-state index in [-0.39, 0.29) is 6.10 Å². The Morgan fingerprint density at radius 3 is 3.00 bits per heavy atom. The van der Waals surface area contributed by atoms with Crippen molar-refractivity contribution in [2.24, 2.45) is 0 Å². The summed E-state index contributed by atoms with van der Waals surface area (Å²) in [4.78, 5) is 0. The first-order chi connectivity index (χ1) is 5.75. The van der Waals surface area contributed by atoms with Gasteiger partial charge in [0.1, 0.15) is 0 Å². The molecule has 2 heteroatoms. The zero-order valence-electron chi connectivity index (χ0n) is 6.76. The predicted octanol–water partition coefficient (Wildman–Crippen LogP) is 2.30. The fraction of sp³-hybridized carbons (Fsp3) is 0.400. The molecule has 1 aliphatic carbocycles. The first-order valence-corrected chi connectivity index (χ1v) is 5.00. The molecule has 0 amide bonds. The van der Waals surface area contributed by atoms with Gasteiger partial charge >= 0.3 is 0 Å². The van der Waals surface area contributed by atoms with E-state index in [2.05, 4.69) is 28.1 Å². The molecule has 0 unspecified atom stereocenters. The van der Waals surface area contributed by atoms with E-state index in [0.29, 0.717) is 0 Å². The van der Waals surface area contributed by atoms with Crippen LogP contribution in [0.5, 0.6) is 0 Å². The summed E-state index contributed by atoms with van der Waals surface area (Å²) in [6.45, 7) is 0. The third-order valence-corrected chi connectivity index (χ3v) is 2.86. The highest BCUT2D eigenvalue weighted by molar-refractivity contribution is 9.10. The molecule has 1 aromatic carbocycles. The van der Waals surface area contributed by atoms with Gasteiger partial charge in [0.05, 0.1) is 6.10 Å². The van der Waals surface area contributed by atoms with Crippen molar-refractivity contribution < 1.29 is 5.11 Å². The zero-order valence-corrected chi connectivity index (χ0v) is 8.34. The molecule has 1 aliphatic rings. The Kier molecular flexibility index (Phi) is 2.20. The summed E-state index contributed by atoms with van der Waals surface area (Å²) in [7, 11) is 0. The second kappa shape index (κ2) is 3.19. The number of aliphatic hydroxyl groups excluding tert-OH is 1. The van der Waals surface area contributed by atoms with E-state index < -0.39 is 0 Å². The third kappa shape index (κ3) is 1.54.